The van der Waals surface area contributed by atoms with E-state index in [9.17, 15) is 8.42 Å². The molecule has 0 spiro atoms. The summed E-state index contributed by atoms with van der Waals surface area (Å²) in [6.07, 6.45) is 0.175. The lowest BCUT2D eigenvalue weighted by Crippen LogP contribution is -2.12. The van der Waals surface area contributed by atoms with Crippen LogP contribution in [0.5, 0.6) is 5.75 Å². The molecule has 24 heavy (non-hydrogen) atoms. The van der Waals surface area contributed by atoms with E-state index in [2.05, 4.69) is 20.8 Å². The van der Waals surface area contributed by atoms with E-state index < -0.39 is 9.84 Å². The van der Waals surface area contributed by atoms with E-state index in [1.807, 2.05) is 6.07 Å². The molecule has 1 atom stereocenters. The summed E-state index contributed by atoms with van der Waals surface area (Å²) in [5.74, 6) is 0.646. The van der Waals surface area contributed by atoms with E-state index in [1.165, 1.54) is 0 Å². The monoisotopic (exact) mass is 346 g/mol. The van der Waals surface area contributed by atoms with Crippen LogP contribution in [0.2, 0.25) is 0 Å². The van der Waals surface area contributed by atoms with Crippen molar-refractivity contribution in [2.24, 2.45) is 0 Å². The predicted molar refractivity (Wildman–Crippen MR) is 92.3 cm³/mol. The lowest BCUT2D eigenvalue weighted by Gasteiger charge is -2.19. The van der Waals surface area contributed by atoms with Crippen LogP contribution in [0, 0.1) is 0 Å². The van der Waals surface area contributed by atoms with Gasteiger partial charge >= 0.3 is 0 Å². The summed E-state index contributed by atoms with van der Waals surface area (Å²) >= 11 is 0. The van der Waals surface area contributed by atoms with E-state index in [-0.39, 0.29) is 16.4 Å². The van der Waals surface area contributed by atoms with Crippen molar-refractivity contribution in [2.45, 2.75) is 42.1 Å². The highest BCUT2D eigenvalue weighted by atomic mass is 32.2. The molecular formula is C19H22O4S. The van der Waals surface area contributed by atoms with Crippen LogP contribution in [-0.4, -0.2) is 27.7 Å². The first kappa shape index (κ1) is 17.0. The largest absolute Gasteiger partial charge is 0.491 e. The zero-order valence-electron chi connectivity index (χ0n) is 14.2. The fourth-order valence-electron chi connectivity index (χ4n) is 2.33. The quantitative estimate of drug-likeness (QED) is 0.776. The topological polar surface area (TPSA) is 55.9 Å². The van der Waals surface area contributed by atoms with Crippen molar-refractivity contribution in [2.75, 3.05) is 13.2 Å². The van der Waals surface area contributed by atoms with Crippen LogP contribution in [0.15, 0.2) is 58.3 Å². The summed E-state index contributed by atoms with van der Waals surface area (Å²) in [5, 5.41) is 0. The third kappa shape index (κ3) is 3.79. The Bertz CT molecular complexity index is 813. The number of ether oxygens (including phenoxy) is 2. The fraction of sp³-hybridized carbons (Fsp3) is 0.368. The highest BCUT2D eigenvalue weighted by molar-refractivity contribution is 7.91. The molecule has 0 aliphatic carbocycles. The van der Waals surface area contributed by atoms with Crippen LogP contribution in [0.25, 0.3) is 0 Å². The Morgan fingerprint density at radius 2 is 1.75 bits per heavy atom. The Morgan fingerprint density at radius 1 is 1.08 bits per heavy atom. The highest BCUT2D eigenvalue weighted by Gasteiger charge is 2.24. The van der Waals surface area contributed by atoms with Crippen LogP contribution < -0.4 is 4.74 Å². The number of epoxide rings is 1. The van der Waals surface area contributed by atoms with Gasteiger partial charge in [-0.05, 0) is 47.4 Å². The molecule has 1 fully saturated rings. The second-order valence-electron chi connectivity index (χ2n) is 7.02. The van der Waals surface area contributed by atoms with Crippen LogP contribution in [0.1, 0.15) is 26.3 Å². The van der Waals surface area contributed by atoms with Gasteiger partial charge in [0.15, 0.2) is 0 Å². The lowest BCUT2D eigenvalue weighted by atomic mass is 9.87. The summed E-state index contributed by atoms with van der Waals surface area (Å²) in [4.78, 5) is 0.582. The Kier molecular flexibility index (Phi) is 4.40. The molecule has 2 aromatic rings. The number of sulfone groups is 1. The third-order valence-electron chi connectivity index (χ3n) is 3.98. The standard InChI is InChI=1S/C19H22O4S/c1-19(2,3)14-5-4-6-18(11-14)24(20,21)17-9-7-15(8-10-17)22-12-16-13-23-16/h4-11,16H,12-13H2,1-3H3. The van der Waals surface area contributed by atoms with Gasteiger partial charge in [-0.1, -0.05) is 32.9 Å². The number of hydrogen-bond donors (Lipinski definition) is 0. The van der Waals surface area contributed by atoms with Crippen LogP contribution in [-0.2, 0) is 20.0 Å². The maximum Gasteiger partial charge on any atom is 0.206 e. The predicted octanol–water partition coefficient (Wildman–Crippen LogP) is 3.59. The van der Waals surface area contributed by atoms with E-state index >= 15 is 0 Å². The molecule has 1 heterocycles. The molecule has 0 aromatic heterocycles. The average molecular weight is 346 g/mol. The minimum atomic E-state index is -3.54. The van der Waals surface area contributed by atoms with Gasteiger partial charge in [0.25, 0.3) is 0 Å². The summed E-state index contributed by atoms with van der Waals surface area (Å²) in [6, 6.07) is 13.7. The molecule has 0 amide bonds. The normalized spacial score (nSPS) is 17.5. The molecule has 1 unspecified atom stereocenters. The van der Waals surface area contributed by atoms with E-state index in [0.29, 0.717) is 17.3 Å². The third-order valence-corrected chi connectivity index (χ3v) is 5.75. The maximum absolute atomic E-state index is 12.8. The first-order valence-electron chi connectivity index (χ1n) is 7.97. The molecule has 4 nitrogen and oxygen atoms in total. The number of benzene rings is 2. The van der Waals surface area contributed by atoms with Crippen molar-refractivity contribution in [3.63, 3.8) is 0 Å². The van der Waals surface area contributed by atoms with Crippen molar-refractivity contribution in [3.05, 3.63) is 54.1 Å². The van der Waals surface area contributed by atoms with E-state index in [1.54, 1.807) is 42.5 Å². The Hall–Kier alpha value is -1.85. The summed E-state index contributed by atoms with van der Waals surface area (Å²) in [5.41, 5.74) is 0.890. The minimum absolute atomic E-state index is 0.103. The van der Waals surface area contributed by atoms with Crippen molar-refractivity contribution < 1.29 is 17.9 Å². The van der Waals surface area contributed by atoms with E-state index in [4.69, 9.17) is 9.47 Å². The van der Waals surface area contributed by atoms with E-state index in [0.717, 1.165) is 12.2 Å². The van der Waals surface area contributed by atoms with Gasteiger partial charge in [0.1, 0.15) is 18.5 Å². The summed E-state index contributed by atoms with van der Waals surface area (Å²) in [7, 11) is -3.54. The molecule has 2 aromatic carbocycles. The highest BCUT2D eigenvalue weighted by Crippen LogP contribution is 2.28. The molecule has 1 aliphatic heterocycles. The molecule has 128 valence electrons. The summed E-state index contributed by atoms with van der Waals surface area (Å²) in [6.45, 7) is 7.42. The van der Waals surface area contributed by atoms with Crippen molar-refractivity contribution >= 4 is 9.84 Å². The molecule has 0 radical (unpaired) electrons. The van der Waals surface area contributed by atoms with Crippen LogP contribution in [0.3, 0.4) is 0 Å². The smallest absolute Gasteiger partial charge is 0.206 e. The Morgan fingerprint density at radius 3 is 2.33 bits per heavy atom. The molecule has 5 heteroatoms. The number of rotatable bonds is 5. The average Bonchev–Trinajstić information content (AvgIpc) is 3.37. The maximum atomic E-state index is 12.8. The minimum Gasteiger partial charge on any atom is -0.491 e. The van der Waals surface area contributed by atoms with Crippen LogP contribution >= 0.6 is 0 Å². The van der Waals surface area contributed by atoms with Crippen LogP contribution in [0.4, 0.5) is 0 Å². The summed E-state index contributed by atoms with van der Waals surface area (Å²) < 4.78 is 36.3. The second-order valence-corrected chi connectivity index (χ2v) is 8.97. The first-order chi connectivity index (χ1) is 11.3. The van der Waals surface area contributed by atoms with Gasteiger partial charge in [-0.2, -0.15) is 0 Å². The molecule has 1 saturated heterocycles. The first-order valence-corrected chi connectivity index (χ1v) is 9.45. The second kappa shape index (κ2) is 6.22. The van der Waals surface area contributed by atoms with Gasteiger partial charge in [0, 0.05) is 0 Å². The fourth-order valence-corrected chi connectivity index (χ4v) is 3.64. The van der Waals surface area contributed by atoms with Crippen molar-refractivity contribution in [1.29, 1.82) is 0 Å². The molecule has 0 N–H and O–H groups in total. The van der Waals surface area contributed by atoms with Gasteiger partial charge in [0.05, 0.1) is 16.4 Å². The molecule has 3 rings (SSSR count). The van der Waals surface area contributed by atoms with Gasteiger partial charge < -0.3 is 9.47 Å². The zero-order chi connectivity index (χ0) is 17.4. The Labute approximate surface area is 143 Å². The van der Waals surface area contributed by atoms with Gasteiger partial charge in [-0.25, -0.2) is 8.42 Å². The van der Waals surface area contributed by atoms with Gasteiger partial charge in [0.2, 0.25) is 9.84 Å². The molecule has 1 aliphatic rings. The Balaban J connectivity index is 1.84. The lowest BCUT2D eigenvalue weighted by molar-refractivity contribution is 0.263. The van der Waals surface area contributed by atoms with Crippen molar-refractivity contribution in [1.82, 2.24) is 0 Å². The van der Waals surface area contributed by atoms with Gasteiger partial charge in [-0.3, -0.25) is 0 Å². The zero-order valence-corrected chi connectivity index (χ0v) is 15.0. The molecule has 0 saturated carbocycles. The molecule has 0 bridgehead atoms. The number of hydrogen-bond acceptors (Lipinski definition) is 4. The van der Waals surface area contributed by atoms with Gasteiger partial charge in [-0.15, -0.1) is 0 Å². The SMILES string of the molecule is CC(C)(C)c1cccc(S(=O)(=O)c2ccc(OCC3CO3)cc2)c1. The van der Waals surface area contributed by atoms with Crippen molar-refractivity contribution in [3.8, 4) is 5.75 Å². The molecular weight excluding hydrogens is 324 g/mol.